The first kappa shape index (κ1) is 20.8. The number of nitrogens with one attached hydrogen (secondary N) is 1. The molecule has 1 aliphatic rings. The summed E-state index contributed by atoms with van der Waals surface area (Å²) in [6.45, 7) is 5.54. The van der Waals surface area contributed by atoms with Gasteiger partial charge in [0.05, 0.1) is 11.1 Å². The molecule has 2 amide bonds. The lowest BCUT2D eigenvalue weighted by atomic mass is 10.0. The van der Waals surface area contributed by atoms with E-state index in [0.29, 0.717) is 41.2 Å². The number of amides is 2. The van der Waals surface area contributed by atoms with Gasteiger partial charge in [0.1, 0.15) is 6.54 Å². The lowest BCUT2D eigenvalue weighted by Crippen LogP contribution is -2.32. The van der Waals surface area contributed by atoms with E-state index in [9.17, 15) is 14.4 Å². The van der Waals surface area contributed by atoms with Crippen LogP contribution in [0, 0.1) is 0 Å². The topological polar surface area (TPSA) is 71.4 Å². The highest BCUT2D eigenvalue weighted by Crippen LogP contribution is 2.21. The van der Waals surface area contributed by atoms with E-state index < -0.39 is 0 Å². The van der Waals surface area contributed by atoms with Crippen LogP contribution >= 0.6 is 0 Å². The van der Waals surface area contributed by atoms with Gasteiger partial charge in [0.15, 0.2) is 0 Å². The highest BCUT2D eigenvalue weighted by molar-refractivity contribution is 6.06. The van der Waals surface area contributed by atoms with Crippen LogP contribution < -0.4 is 10.9 Å². The molecule has 0 saturated carbocycles. The van der Waals surface area contributed by atoms with E-state index in [1.807, 2.05) is 42.5 Å². The molecule has 1 aromatic heterocycles. The number of nitrogens with zero attached hydrogens (tertiary/aromatic N) is 2. The van der Waals surface area contributed by atoms with Crippen molar-refractivity contribution in [3.63, 3.8) is 0 Å². The number of carbonyl (C=O) groups is 2. The molecule has 0 aliphatic carbocycles. The first-order valence-electron chi connectivity index (χ1n) is 10.8. The van der Waals surface area contributed by atoms with Gasteiger partial charge in [0.2, 0.25) is 5.91 Å². The molecule has 0 radical (unpaired) electrons. The second kappa shape index (κ2) is 8.76. The fraction of sp³-hybridized carbons (Fsp3) is 0.320. The highest BCUT2D eigenvalue weighted by atomic mass is 16.2. The number of para-hydroxylation sites is 1. The zero-order valence-corrected chi connectivity index (χ0v) is 17.9. The van der Waals surface area contributed by atoms with Gasteiger partial charge in [-0.25, -0.2) is 0 Å². The minimum Gasteiger partial charge on any atom is -0.339 e. The summed E-state index contributed by atoms with van der Waals surface area (Å²) in [5.74, 6) is 0.00675. The molecule has 6 nitrogen and oxygen atoms in total. The number of carbonyl (C=O) groups excluding carboxylic acids is 2. The molecular formula is C25H27N3O3. The van der Waals surface area contributed by atoms with Crippen LogP contribution in [0.5, 0.6) is 0 Å². The molecule has 0 spiro atoms. The minimum absolute atomic E-state index is 0.118. The van der Waals surface area contributed by atoms with Crippen molar-refractivity contribution in [2.24, 2.45) is 0 Å². The quantitative estimate of drug-likeness (QED) is 0.682. The Morgan fingerprint density at radius 2 is 1.68 bits per heavy atom. The van der Waals surface area contributed by atoms with Crippen molar-refractivity contribution >= 4 is 28.4 Å². The Morgan fingerprint density at radius 3 is 2.35 bits per heavy atom. The predicted molar refractivity (Wildman–Crippen MR) is 123 cm³/mol. The molecule has 0 unspecified atom stereocenters. The number of hydrogen-bond donors (Lipinski definition) is 1. The number of aromatic nitrogens is 1. The maximum atomic E-state index is 13.0. The summed E-state index contributed by atoms with van der Waals surface area (Å²) in [4.78, 5) is 40.3. The van der Waals surface area contributed by atoms with Crippen LogP contribution in [0.1, 0.15) is 48.5 Å². The van der Waals surface area contributed by atoms with Gasteiger partial charge in [-0.2, -0.15) is 0 Å². The van der Waals surface area contributed by atoms with Gasteiger partial charge in [-0.15, -0.1) is 0 Å². The molecule has 160 valence electrons. The monoisotopic (exact) mass is 417 g/mol. The summed E-state index contributed by atoms with van der Waals surface area (Å²) >= 11 is 0. The van der Waals surface area contributed by atoms with E-state index in [0.717, 1.165) is 12.8 Å². The van der Waals surface area contributed by atoms with Gasteiger partial charge in [-0.05, 0) is 42.5 Å². The largest absolute Gasteiger partial charge is 0.339 e. The van der Waals surface area contributed by atoms with Gasteiger partial charge < -0.3 is 10.2 Å². The smallest absolute Gasteiger partial charge is 0.254 e. The molecular weight excluding hydrogens is 390 g/mol. The fourth-order valence-electron chi connectivity index (χ4n) is 4.06. The number of benzene rings is 2. The van der Waals surface area contributed by atoms with E-state index in [4.69, 9.17) is 0 Å². The Kier molecular flexibility index (Phi) is 5.89. The SMILES string of the molecule is CC(C)c1ccc(NC(=O)Cn2c(=O)cc(C(=O)N3CCCC3)c3ccccc32)cc1. The normalized spacial score (nSPS) is 13.7. The zero-order chi connectivity index (χ0) is 22.0. The predicted octanol–water partition coefficient (Wildman–Crippen LogP) is 4.00. The summed E-state index contributed by atoms with van der Waals surface area (Å²) in [6.07, 6.45) is 1.97. The van der Waals surface area contributed by atoms with E-state index in [1.165, 1.54) is 16.2 Å². The number of fused-ring (bicyclic) bond motifs is 1. The molecule has 2 aromatic carbocycles. The Labute approximate surface area is 181 Å². The van der Waals surface area contributed by atoms with Crippen LogP contribution in [0.4, 0.5) is 5.69 Å². The summed E-state index contributed by atoms with van der Waals surface area (Å²) < 4.78 is 1.42. The maximum Gasteiger partial charge on any atom is 0.254 e. The molecule has 6 heteroatoms. The summed E-state index contributed by atoms with van der Waals surface area (Å²) in [7, 11) is 0. The molecule has 3 aromatic rings. The Hall–Kier alpha value is -3.41. The fourth-order valence-corrected chi connectivity index (χ4v) is 4.06. The number of anilines is 1. The zero-order valence-electron chi connectivity index (χ0n) is 17.9. The van der Waals surface area contributed by atoms with E-state index in [-0.39, 0.29) is 23.9 Å². The van der Waals surface area contributed by atoms with Crippen LogP contribution in [0.15, 0.2) is 59.4 Å². The molecule has 2 heterocycles. The second-order valence-corrected chi connectivity index (χ2v) is 8.32. The molecule has 1 saturated heterocycles. The van der Waals surface area contributed by atoms with Crippen molar-refractivity contribution in [2.45, 2.75) is 39.2 Å². The van der Waals surface area contributed by atoms with Crippen molar-refractivity contribution in [2.75, 3.05) is 18.4 Å². The van der Waals surface area contributed by atoms with Crippen molar-refractivity contribution in [1.82, 2.24) is 9.47 Å². The number of likely N-dealkylation sites (tertiary alicyclic amines) is 1. The molecule has 4 rings (SSSR count). The van der Waals surface area contributed by atoms with Crippen LogP contribution in [0.25, 0.3) is 10.9 Å². The number of pyridine rings is 1. The summed E-state index contributed by atoms with van der Waals surface area (Å²) in [6, 6.07) is 16.3. The third-order valence-corrected chi connectivity index (χ3v) is 5.81. The molecule has 1 aliphatic heterocycles. The molecule has 0 bridgehead atoms. The maximum absolute atomic E-state index is 13.0. The molecule has 0 atom stereocenters. The first-order chi connectivity index (χ1) is 14.9. The van der Waals surface area contributed by atoms with E-state index >= 15 is 0 Å². The first-order valence-corrected chi connectivity index (χ1v) is 10.8. The van der Waals surface area contributed by atoms with Gasteiger partial charge in [-0.1, -0.05) is 44.2 Å². The number of hydrogen-bond acceptors (Lipinski definition) is 3. The minimum atomic E-state index is -0.355. The van der Waals surface area contributed by atoms with Crippen LogP contribution in [0.3, 0.4) is 0 Å². The number of rotatable bonds is 5. The molecule has 31 heavy (non-hydrogen) atoms. The van der Waals surface area contributed by atoms with Gasteiger partial charge in [0.25, 0.3) is 11.5 Å². The molecule has 1 fully saturated rings. The lowest BCUT2D eigenvalue weighted by molar-refractivity contribution is -0.116. The Bertz CT molecular complexity index is 1170. The average molecular weight is 418 g/mol. The van der Waals surface area contributed by atoms with Gasteiger partial charge in [0, 0.05) is 30.2 Å². The van der Waals surface area contributed by atoms with Crippen molar-refractivity contribution in [1.29, 1.82) is 0 Å². The van der Waals surface area contributed by atoms with Gasteiger partial charge >= 0.3 is 0 Å². The highest BCUT2D eigenvalue weighted by Gasteiger charge is 2.23. The van der Waals surface area contributed by atoms with Gasteiger partial charge in [-0.3, -0.25) is 19.0 Å². The molecule has 1 N–H and O–H groups in total. The van der Waals surface area contributed by atoms with Crippen molar-refractivity contribution < 1.29 is 9.59 Å². The van der Waals surface area contributed by atoms with Crippen molar-refractivity contribution in [3.05, 3.63) is 76.1 Å². The summed E-state index contributed by atoms with van der Waals surface area (Å²) in [5.41, 5.74) is 2.52. The third kappa shape index (κ3) is 4.38. The van der Waals surface area contributed by atoms with Crippen LogP contribution in [0.2, 0.25) is 0 Å². The average Bonchev–Trinajstić information content (AvgIpc) is 3.30. The standard InChI is InChI=1S/C25H27N3O3/c1-17(2)18-9-11-19(12-10-18)26-23(29)16-28-22-8-4-3-7-20(22)21(15-24(28)30)25(31)27-13-5-6-14-27/h3-4,7-12,15,17H,5-6,13-14,16H2,1-2H3,(H,26,29). The van der Waals surface area contributed by atoms with Crippen LogP contribution in [-0.4, -0.2) is 34.4 Å². The van der Waals surface area contributed by atoms with Crippen LogP contribution in [-0.2, 0) is 11.3 Å². The Morgan fingerprint density at radius 1 is 1.00 bits per heavy atom. The summed E-state index contributed by atoms with van der Waals surface area (Å²) in [5, 5.41) is 3.54. The second-order valence-electron chi connectivity index (χ2n) is 8.32. The Balaban J connectivity index is 1.61. The van der Waals surface area contributed by atoms with E-state index in [1.54, 1.807) is 11.0 Å². The lowest BCUT2D eigenvalue weighted by Gasteiger charge is -2.18. The van der Waals surface area contributed by atoms with Crippen molar-refractivity contribution in [3.8, 4) is 0 Å². The third-order valence-electron chi connectivity index (χ3n) is 5.81. The van der Waals surface area contributed by atoms with E-state index in [2.05, 4.69) is 19.2 Å².